The van der Waals surface area contributed by atoms with Gasteiger partial charge < -0.3 is 5.73 Å². The average molecular weight is 290 g/mol. The topological polar surface area (TPSA) is 90.0 Å². The van der Waals surface area contributed by atoms with Gasteiger partial charge in [0.2, 0.25) is 10.0 Å². The Morgan fingerprint density at radius 1 is 1.56 bits per heavy atom. The molecule has 102 valence electrons. The van der Waals surface area contributed by atoms with Gasteiger partial charge in [0.25, 0.3) is 0 Å². The Labute approximate surface area is 113 Å². The lowest BCUT2D eigenvalue weighted by molar-refractivity contribution is 0.563. The van der Waals surface area contributed by atoms with Gasteiger partial charge >= 0.3 is 0 Å². The number of nitrogens with two attached hydrogens (primary N) is 1. The van der Waals surface area contributed by atoms with Crippen LogP contribution >= 0.6 is 12.2 Å². The first kappa shape index (κ1) is 15.1. The number of hydrogen-bond acceptors (Lipinski definition) is 4. The number of nitrogens with zero attached hydrogens (tertiary/aromatic N) is 2. The number of rotatable bonds is 5. The molecule has 0 radical (unpaired) electrons. The second kappa shape index (κ2) is 5.33. The quantitative estimate of drug-likeness (QED) is 0.765. The molecular formula is C10H18N4O2S2. The SMILES string of the molecule is Cc1nn(C)c(C)c1S(=O)(=O)NC(C)CC(N)=S. The molecule has 1 heterocycles. The van der Waals surface area contributed by atoms with E-state index >= 15 is 0 Å². The maximum Gasteiger partial charge on any atom is 0.244 e. The normalized spacial score (nSPS) is 13.6. The second-order valence-electron chi connectivity index (χ2n) is 4.32. The Balaban J connectivity index is 3.04. The minimum absolute atomic E-state index is 0.222. The van der Waals surface area contributed by atoms with Gasteiger partial charge in [-0.15, -0.1) is 0 Å². The molecule has 0 spiro atoms. The predicted molar refractivity (Wildman–Crippen MR) is 73.9 cm³/mol. The van der Waals surface area contributed by atoms with E-state index in [-0.39, 0.29) is 15.9 Å². The van der Waals surface area contributed by atoms with Crippen molar-refractivity contribution in [1.29, 1.82) is 0 Å². The first-order valence-corrected chi connectivity index (χ1v) is 7.35. The van der Waals surface area contributed by atoms with E-state index in [0.29, 0.717) is 17.8 Å². The van der Waals surface area contributed by atoms with Crippen molar-refractivity contribution in [2.75, 3.05) is 0 Å². The predicted octanol–water partition coefficient (Wildman–Crippen LogP) is 0.380. The first-order chi connectivity index (χ1) is 8.15. The zero-order valence-electron chi connectivity index (χ0n) is 10.9. The smallest absolute Gasteiger partial charge is 0.244 e. The summed E-state index contributed by atoms with van der Waals surface area (Å²) in [4.78, 5) is 0.504. The lowest BCUT2D eigenvalue weighted by atomic mass is 10.3. The maximum absolute atomic E-state index is 12.2. The molecule has 1 rings (SSSR count). The highest BCUT2D eigenvalue weighted by atomic mass is 32.2. The molecule has 0 aromatic carbocycles. The number of aromatic nitrogens is 2. The molecule has 18 heavy (non-hydrogen) atoms. The molecule has 0 aliphatic carbocycles. The van der Waals surface area contributed by atoms with Gasteiger partial charge in [0.1, 0.15) is 4.90 Å². The summed E-state index contributed by atoms with van der Waals surface area (Å²) in [6.07, 6.45) is 0.326. The van der Waals surface area contributed by atoms with Crippen molar-refractivity contribution in [1.82, 2.24) is 14.5 Å². The number of sulfonamides is 1. The molecule has 0 saturated carbocycles. The average Bonchev–Trinajstić information content (AvgIpc) is 2.37. The molecule has 1 atom stereocenters. The van der Waals surface area contributed by atoms with Crippen LogP contribution in [-0.4, -0.2) is 29.2 Å². The summed E-state index contributed by atoms with van der Waals surface area (Å²) >= 11 is 4.76. The van der Waals surface area contributed by atoms with Crippen molar-refractivity contribution in [2.45, 2.75) is 38.1 Å². The molecule has 8 heteroatoms. The van der Waals surface area contributed by atoms with Crippen LogP contribution in [-0.2, 0) is 17.1 Å². The third kappa shape index (κ3) is 3.27. The van der Waals surface area contributed by atoms with E-state index in [9.17, 15) is 8.42 Å². The standard InChI is InChI=1S/C10H18N4O2S2/c1-6(5-9(11)17)13-18(15,16)10-7(2)12-14(4)8(10)3/h6,13H,5H2,1-4H3,(H2,11,17). The van der Waals surface area contributed by atoms with Crippen molar-refractivity contribution in [3.63, 3.8) is 0 Å². The summed E-state index contributed by atoms with van der Waals surface area (Å²) in [6, 6.07) is -0.341. The van der Waals surface area contributed by atoms with Crippen molar-refractivity contribution in [3.05, 3.63) is 11.4 Å². The summed E-state index contributed by atoms with van der Waals surface area (Å²) < 4.78 is 28.6. The van der Waals surface area contributed by atoms with Gasteiger partial charge in [0.15, 0.2) is 0 Å². The monoisotopic (exact) mass is 290 g/mol. The molecule has 6 nitrogen and oxygen atoms in total. The van der Waals surface area contributed by atoms with Gasteiger partial charge in [0.05, 0.1) is 16.4 Å². The van der Waals surface area contributed by atoms with Crippen LogP contribution < -0.4 is 10.5 Å². The molecule has 0 fully saturated rings. The Morgan fingerprint density at radius 2 is 2.11 bits per heavy atom. The molecule has 0 aliphatic rings. The fourth-order valence-corrected chi connectivity index (χ4v) is 3.74. The highest BCUT2D eigenvalue weighted by Gasteiger charge is 2.25. The van der Waals surface area contributed by atoms with E-state index in [2.05, 4.69) is 9.82 Å². The third-order valence-corrected chi connectivity index (χ3v) is 4.58. The number of thiocarbonyl (C=S) groups is 1. The van der Waals surface area contributed by atoms with Crippen LogP contribution in [0.1, 0.15) is 24.7 Å². The molecule has 1 aromatic rings. The van der Waals surface area contributed by atoms with Crippen molar-refractivity contribution in [2.24, 2.45) is 12.8 Å². The maximum atomic E-state index is 12.2. The van der Waals surface area contributed by atoms with Crippen molar-refractivity contribution >= 4 is 27.2 Å². The van der Waals surface area contributed by atoms with Crippen LogP contribution in [0.15, 0.2) is 4.90 Å². The molecule has 0 bridgehead atoms. The van der Waals surface area contributed by atoms with E-state index in [1.807, 2.05) is 0 Å². The Kier molecular flexibility index (Phi) is 4.46. The van der Waals surface area contributed by atoms with E-state index < -0.39 is 10.0 Å². The zero-order chi connectivity index (χ0) is 14.1. The summed E-state index contributed by atoms with van der Waals surface area (Å²) in [5, 5.41) is 4.09. The van der Waals surface area contributed by atoms with E-state index in [1.165, 1.54) is 0 Å². The highest BCUT2D eigenvalue weighted by molar-refractivity contribution is 7.89. The first-order valence-electron chi connectivity index (χ1n) is 5.46. The molecule has 1 aromatic heterocycles. The Bertz CT molecular complexity index is 563. The Morgan fingerprint density at radius 3 is 2.50 bits per heavy atom. The molecule has 1 unspecified atom stereocenters. The summed E-state index contributed by atoms with van der Waals surface area (Å²) in [5.41, 5.74) is 6.47. The van der Waals surface area contributed by atoms with Gasteiger partial charge in [-0.2, -0.15) is 5.10 Å². The minimum Gasteiger partial charge on any atom is -0.393 e. The molecule has 3 N–H and O–H groups in total. The third-order valence-electron chi connectivity index (χ3n) is 2.58. The van der Waals surface area contributed by atoms with Gasteiger partial charge in [-0.05, 0) is 20.8 Å². The number of nitrogens with one attached hydrogen (secondary N) is 1. The van der Waals surface area contributed by atoms with Crippen LogP contribution in [0.5, 0.6) is 0 Å². The van der Waals surface area contributed by atoms with Crippen molar-refractivity contribution < 1.29 is 8.42 Å². The van der Waals surface area contributed by atoms with Crippen LogP contribution in [0.3, 0.4) is 0 Å². The van der Waals surface area contributed by atoms with E-state index in [4.69, 9.17) is 18.0 Å². The lowest BCUT2D eigenvalue weighted by Crippen LogP contribution is -2.35. The number of aryl methyl sites for hydroxylation is 2. The molecular weight excluding hydrogens is 272 g/mol. The van der Waals surface area contributed by atoms with Gasteiger partial charge in [-0.1, -0.05) is 12.2 Å². The van der Waals surface area contributed by atoms with Crippen LogP contribution in [0.2, 0.25) is 0 Å². The van der Waals surface area contributed by atoms with E-state index in [1.54, 1.807) is 32.5 Å². The number of hydrogen-bond donors (Lipinski definition) is 2. The largest absolute Gasteiger partial charge is 0.393 e. The second-order valence-corrected chi connectivity index (χ2v) is 6.49. The van der Waals surface area contributed by atoms with Gasteiger partial charge in [-0.25, -0.2) is 13.1 Å². The summed E-state index contributed by atoms with van der Waals surface area (Å²) in [7, 11) is -1.89. The highest BCUT2D eigenvalue weighted by Crippen LogP contribution is 2.18. The molecule has 0 amide bonds. The van der Waals surface area contributed by atoms with Crippen molar-refractivity contribution in [3.8, 4) is 0 Å². The minimum atomic E-state index is -3.59. The van der Waals surface area contributed by atoms with Gasteiger partial charge in [-0.3, -0.25) is 4.68 Å². The zero-order valence-corrected chi connectivity index (χ0v) is 12.5. The van der Waals surface area contributed by atoms with Crippen LogP contribution in [0.4, 0.5) is 0 Å². The molecule has 0 saturated heterocycles. The lowest BCUT2D eigenvalue weighted by Gasteiger charge is -2.13. The molecule has 0 aliphatic heterocycles. The fraction of sp³-hybridized carbons (Fsp3) is 0.600. The summed E-state index contributed by atoms with van der Waals surface area (Å²) in [6.45, 7) is 5.10. The van der Waals surface area contributed by atoms with Gasteiger partial charge in [0, 0.05) is 19.5 Å². The summed E-state index contributed by atoms with van der Waals surface area (Å²) in [5.74, 6) is 0. The van der Waals surface area contributed by atoms with Crippen LogP contribution in [0.25, 0.3) is 0 Å². The fourth-order valence-electron chi connectivity index (χ4n) is 1.81. The van der Waals surface area contributed by atoms with Crippen LogP contribution in [0, 0.1) is 13.8 Å². The Hall–Kier alpha value is -0.990. The van der Waals surface area contributed by atoms with E-state index in [0.717, 1.165) is 0 Å².